The minimum absolute atomic E-state index is 0.369. The second-order valence-electron chi connectivity index (χ2n) is 3.77. The minimum atomic E-state index is -0.369. The van der Waals surface area contributed by atoms with E-state index >= 15 is 0 Å². The van der Waals surface area contributed by atoms with E-state index in [4.69, 9.17) is 10.5 Å². The first-order chi connectivity index (χ1) is 8.22. The molecule has 2 aromatic heterocycles. The van der Waals surface area contributed by atoms with Crippen LogP contribution in [0, 0.1) is 6.92 Å². The largest absolute Gasteiger partial charge is 0.495 e. The molecule has 0 fully saturated rings. The van der Waals surface area contributed by atoms with Crippen molar-refractivity contribution in [3.05, 3.63) is 53.6 Å². The van der Waals surface area contributed by atoms with Crippen LogP contribution in [-0.4, -0.2) is 17.1 Å². The standard InChI is InChI=1S/C13H15N3O/c1-9-5-3-6-10(16-9)12(14)13-11(17-2)7-4-8-15-13/h3-8,12H,14H2,1-2H3. The van der Waals surface area contributed by atoms with Crippen LogP contribution in [-0.2, 0) is 0 Å². The summed E-state index contributed by atoms with van der Waals surface area (Å²) >= 11 is 0. The van der Waals surface area contributed by atoms with Gasteiger partial charge in [0.1, 0.15) is 11.4 Å². The number of aromatic nitrogens is 2. The fourth-order valence-corrected chi connectivity index (χ4v) is 1.69. The zero-order chi connectivity index (χ0) is 12.3. The number of rotatable bonds is 3. The van der Waals surface area contributed by atoms with Gasteiger partial charge in [-0.05, 0) is 31.2 Å². The van der Waals surface area contributed by atoms with Gasteiger partial charge in [0.2, 0.25) is 0 Å². The molecule has 0 aliphatic carbocycles. The summed E-state index contributed by atoms with van der Waals surface area (Å²) in [5.41, 5.74) is 8.59. The Morgan fingerprint density at radius 2 is 2.06 bits per heavy atom. The molecular formula is C13H15N3O. The van der Waals surface area contributed by atoms with E-state index in [2.05, 4.69) is 9.97 Å². The summed E-state index contributed by atoms with van der Waals surface area (Å²) in [4.78, 5) is 8.67. The number of hydrogen-bond acceptors (Lipinski definition) is 4. The molecular weight excluding hydrogens is 214 g/mol. The van der Waals surface area contributed by atoms with E-state index in [9.17, 15) is 0 Å². The SMILES string of the molecule is COc1cccnc1C(N)c1cccc(C)n1. The molecule has 2 aromatic rings. The average Bonchev–Trinajstić information content (AvgIpc) is 2.38. The van der Waals surface area contributed by atoms with E-state index in [1.165, 1.54) is 0 Å². The third kappa shape index (κ3) is 2.42. The second-order valence-corrected chi connectivity index (χ2v) is 3.77. The topological polar surface area (TPSA) is 61.0 Å². The monoisotopic (exact) mass is 229 g/mol. The molecule has 0 amide bonds. The highest BCUT2D eigenvalue weighted by molar-refractivity contribution is 5.34. The van der Waals surface area contributed by atoms with Gasteiger partial charge in [0.25, 0.3) is 0 Å². The van der Waals surface area contributed by atoms with Crippen molar-refractivity contribution in [2.45, 2.75) is 13.0 Å². The fourth-order valence-electron chi connectivity index (χ4n) is 1.69. The van der Waals surface area contributed by atoms with Crippen LogP contribution in [0.15, 0.2) is 36.5 Å². The summed E-state index contributed by atoms with van der Waals surface area (Å²) < 4.78 is 5.25. The van der Waals surface area contributed by atoms with Crippen molar-refractivity contribution in [2.24, 2.45) is 5.73 Å². The molecule has 0 bridgehead atoms. The van der Waals surface area contributed by atoms with E-state index in [-0.39, 0.29) is 6.04 Å². The highest BCUT2D eigenvalue weighted by Crippen LogP contribution is 2.24. The molecule has 4 heteroatoms. The first kappa shape index (κ1) is 11.5. The number of nitrogens with two attached hydrogens (primary N) is 1. The highest BCUT2D eigenvalue weighted by atomic mass is 16.5. The lowest BCUT2D eigenvalue weighted by Gasteiger charge is -2.14. The molecule has 0 aliphatic rings. The van der Waals surface area contributed by atoms with Crippen LogP contribution in [0.2, 0.25) is 0 Å². The molecule has 2 rings (SSSR count). The average molecular weight is 229 g/mol. The molecule has 0 spiro atoms. The maximum atomic E-state index is 6.16. The van der Waals surface area contributed by atoms with Gasteiger partial charge in [-0.25, -0.2) is 0 Å². The van der Waals surface area contributed by atoms with Crippen molar-refractivity contribution in [3.8, 4) is 5.75 Å². The Morgan fingerprint density at radius 1 is 1.24 bits per heavy atom. The number of aryl methyl sites for hydroxylation is 1. The molecule has 0 aromatic carbocycles. The number of hydrogen-bond donors (Lipinski definition) is 1. The van der Waals surface area contributed by atoms with Crippen molar-refractivity contribution in [2.75, 3.05) is 7.11 Å². The minimum Gasteiger partial charge on any atom is -0.495 e. The van der Waals surface area contributed by atoms with Gasteiger partial charge in [-0.2, -0.15) is 0 Å². The lowest BCUT2D eigenvalue weighted by atomic mass is 10.1. The molecule has 1 atom stereocenters. The van der Waals surface area contributed by atoms with Gasteiger partial charge in [0, 0.05) is 11.9 Å². The van der Waals surface area contributed by atoms with Gasteiger partial charge in [-0.15, -0.1) is 0 Å². The van der Waals surface area contributed by atoms with Gasteiger partial charge in [0.05, 0.1) is 18.8 Å². The van der Waals surface area contributed by atoms with E-state index in [0.717, 1.165) is 11.4 Å². The maximum absolute atomic E-state index is 6.16. The van der Waals surface area contributed by atoms with Crippen LogP contribution in [0.5, 0.6) is 5.75 Å². The number of methoxy groups -OCH3 is 1. The van der Waals surface area contributed by atoms with E-state index in [1.54, 1.807) is 13.3 Å². The molecule has 1 unspecified atom stereocenters. The normalized spacial score (nSPS) is 12.2. The van der Waals surface area contributed by atoms with Gasteiger partial charge >= 0.3 is 0 Å². The Morgan fingerprint density at radius 3 is 2.76 bits per heavy atom. The number of nitrogens with zero attached hydrogens (tertiary/aromatic N) is 2. The van der Waals surface area contributed by atoms with E-state index < -0.39 is 0 Å². The number of pyridine rings is 2. The van der Waals surface area contributed by atoms with Gasteiger partial charge in [-0.3, -0.25) is 9.97 Å². The Balaban J connectivity index is 2.40. The van der Waals surface area contributed by atoms with Crippen LogP contribution in [0.3, 0.4) is 0 Å². The third-order valence-corrected chi connectivity index (χ3v) is 2.54. The zero-order valence-corrected chi connectivity index (χ0v) is 9.92. The molecule has 4 nitrogen and oxygen atoms in total. The van der Waals surface area contributed by atoms with Crippen molar-refractivity contribution < 1.29 is 4.74 Å². The lowest BCUT2D eigenvalue weighted by Crippen LogP contribution is -2.16. The Hall–Kier alpha value is -1.94. The molecule has 0 radical (unpaired) electrons. The van der Waals surface area contributed by atoms with E-state index in [0.29, 0.717) is 11.4 Å². The molecule has 0 saturated carbocycles. The van der Waals surface area contributed by atoms with Crippen LogP contribution in [0.25, 0.3) is 0 Å². The predicted molar refractivity (Wildman–Crippen MR) is 65.8 cm³/mol. The summed E-state index contributed by atoms with van der Waals surface area (Å²) in [5.74, 6) is 0.684. The molecule has 2 heterocycles. The molecule has 17 heavy (non-hydrogen) atoms. The van der Waals surface area contributed by atoms with Crippen LogP contribution < -0.4 is 10.5 Å². The van der Waals surface area contributed by atoms with E-state index in [1.807, 2.05) is 37.3 Å². The summed E-state index contributed by atoms with van der Waals surface area (Å²) in [7, 11) is 1.61. The Labute approximate surface area is 100 Å². The summed E-state index contributed by atoms with van der Waals surface area (Å²) in [6, 6.07) is 9.06. The maximum Gasteiger partial charge on any atom is 0.142 e. The molecule has 88 valence electrons. The molecule has 0 aliphatic heterocycles. The highest BCUT2D eigenvalue weighted by Gasteiger charge is 2.16. The summed E-state index contributed by atoms with van der Waals surface area (Å²) in [6.07, 6.45) is 1.70. The number of ether oxygens (including phenoxy) is 1. The quantitative estimate of drug-likeness (QED) is 0.872. The second kappa shape index (κ2) is 4.93. The van der Waals surface area contributed by atoms with Crippen LogP contribution >= 0.6 is 0 Å². The van der Waals surface area contributed by atoms with Crippen LogP contribution in [0.4, 0.5) is 0 Å². The Kier molecular flexibility index (Phi) is 3.35. The summed E-state index contributed by atoms with van der Waals surface area (Å²) in [6.45, 7) is 1.94. The lowest BCUT2D eigenvalue weighted by molar-refractivity contribution is 0.404. The van der Waals surface area contributed by atoms with Gasteiger partial charge in [-0.1, -0.05) is 6.07 Å². The van der Waals surface area contributed by atoms with Crippen molar-refractivity contribution in [3.63, 3.8) is 0 Å². The third-order valence-electron chi connectivity index (χ3n) is 2.54. The first-order valence-electron chi connectivity index (χ1n) is 5.40. The van der Waals surface area contributed by atoms with Crippen molar-refractivity contribution >= 4 is 0 Å². The summed E-state index contributed by atoms with van der Waals surface area (Å²) in [5, 5.41) is 0. The zero-order valence-electron chi connectivity index (χ0n) is 9.92. The van der Waals surface area contributed by atoms with Gasteiger partial charge in [0.15, 0.2) is 0 Å². The van der Waals surface area contributed by atoms with Crippen molar-refractivity contribution in [1.29, 1.82) is 0 Å². The van der Waals surface area contributed by atoms with Crippen LogP contribution in [0.1, 0.15) is 23.1 Å². The molecule has 2 N–H and O–H groups in total. The molecule has 0 saturated heterocycles. The first-order valence-corrected chi connectivity index (χ1v) is 5.40. The van der Waals surface area contributed by atoms with Crippen molar-refractivity contribution in [1.82, 2.24) is 9.97 Å². The predicted octanol–water partition coefficient (Wildman–Crippen LogP) is 1.84. The fraction of sp³-hybridized carbons (Fsp3) is 0.231. The Bertz CT molecular complexity index is 514. The van der Waals surface area contributed by atoms with Gasteiger partial charge < -0.3 is 10.5 Å². The smallest absolute Gasteiger partial charge is 0.142 e.